The summed E-state index contributed by atoms with van der Waals surface area (Å²) in [6.45, 7) is 1.35. The number of benzene rings is 2. The number of anilines is 2. The molecule has 0 atom stereocenters. The fourth-order valence-electron chi connectivity index (χ4n) is 1.69. The molecule has 0 heterocycles. The zero-order valence-electron chi connectivity index (χ0n) is 11.4. The average Bonchev–Trinajstić information content (AvgIpc) is 2.42. The topological polar surface area (TPSA) is 75.3 Å². The first-order chi connectivity index (χ1) is 10.3. The molecule has 2 N–H and O–H groups in total. The quantitative estimate of drug-likeness (QED) is 0.895. The normalized spacial score (nSPS) is 11.0. The van der Waals surface area contributed by atoms with Gasteiger partial charge in [0.05, 0.1) is 15.6 Å². The summed E-state index contributed by atoms with van der Waals surface area (Å²) in [6.07, 6.45) is 0. The minimum Gasteiger partial charge on any atom is -0.326 e. The number of amides is 1. The van der Waals surface area contributed by atoms with Crippen LogP contribution in [0.1, 0.15) is 6.92 Å². The van der Waals surface area contributed by atoms with Crippen LogP contribution >= 0.6 is 11.6 Å². The van der Waals surface area contributed by atoms with Crippen LogP contribution in [0.5, 0.6) is 0 Å². The highest BCUT2D eigenvalue weighted by Crippen LogP contribution is 2.22. The number of sulfonamides is 1. The van der Waals surface area contributed by atoms with Gasteiger partial charge in [-0.3, -0.25) is 9.52 Å². The zero-order chi connectivity index (χ0) is 16.3. The second kappa shape index (κ2) is 6.33. The summed E-state index contributed by atoms with van der Waals surface area (Å²) in [4.78, 5) is 10.9. The van der Waals surface area contributed by atoms with E-state index >= 15 is 0 Å². The third kappa shape index (κ3) is 3.96. The van der Waals surface area contributed by atoms with E-state index in [-0.39, 0.29) is 21.5 Å². The highest BCUT2D eigenvalue weighted by atomic mass is 35.5. The van der Waals surface area contributed by atoms with Crippen LogP contribution in [0.25, 0.3) is 0 Å². The van der Waals surface area contributed by atoms with Crippen molar-refractivity contribution in [3.05, 3.63) is 53.3 Å². The van der Waals surface area contributed by atoms with Crippen molar-refractivity contribution in [2.24, 2.45) is 0 Å². The molecule has 0 aliphatic carbocycles. The van der Waals surface area contributed by atoms with Gasteiger partial charge in [-0.1, -0.05) is 11.6 Å². The summed E-state index contributed by atoms with van der Waals surface area (Å²) in [5.74, 6) is -0.890. The third-order valence-corrected chi connectivity index (χ3v) is 4.34. The monoisotopic (exact) mass is 342 g/mol. The smallest absolute Gasteiger partial charge is 0.261 e. The molecule has 22 heavy (non-hydrogen) atoms. The first kappa shape index (κ1) is 16.3. The van der Waals surface area contributed by atoms with E-state index in [4.69, 9.17) is 11.6 Å². The number of hydrogen-bond donors (Lipinski definition) is 2. The van der Waals surface area contributed by atoms with E-state index in [2.05, 4.69) is 10.0 Å². The maximum atomic E-state index is 13.1. The molecule has 1 amide bonds. The van der Waals surface area contributed by atoms with Crippen molar-refractivity contribution in [1.29, 1.82) is 0 Å². The van der Waals surface area contributed by atoms with Crippen LogP contribution in [-0.4, -0.2) is 14.3 Å². The Hall–Kier alpha value is -2.12. The Balaban J connectivity index is 2.22. The van der Waals surface area contributed by atoms with Crippen LogP contribution in [0.2, 0.25) is 5.02 Å². The van der Waals surface area contributed by atoms with Crippen molar-refractivity contribution in [2.45, 2.75) is 11.8 Å². The number of halogens is 2. The summed E-state index contributed by atoms with van der Waals surface area (Å²) in [6, 6.07) is 9.14. The second-order valence-corrected chi connectivity index (χ2v) is 6.53. The SMILES string of the molecule is CC(=O)Nc1ccc(S(=O)(=O)Nc2ccc(F)c(Cl)c2)cc1. The van der Waals surface area contributed by atoms with E-state index in [1.807, 2.05) is 0 Å². The van der Waals surface area contributed by atoms with Crippen molar-refractivity contribution >= 4 is 38.9 Å². The fourth-order valence-corrected chi connectivity index (χ4v) is 2.92. The van der Waals surface area contributed by atoms with Crippen LogP contribution in [0, 0.1) is 5.82 Å². The first-order valence-electron chi connectivity index (χ1n) is 6.13. The Morgan fingerprint density at radius 2 is 1.68 bits per heavy atom. The maximum Gasteiger partial charge on any atom is 0.261 e. The van der Waals surface area contributed by atoms with Crippen LogP contribution in [0.4, 0.5) is 15.8 Å². The van der Waals surface area contributed by atoms with Crippen LogP contribution < -0.4 is 10.0 Å². The lowest BCUT2D eigenvalue weighted by atomic mass is 10.3. The predicted octanol–water partition coefficient (Wildman–Crippen LogP) is 3.24. The molecule has 0 spiro atoms. The number of rotatable bonds is 4. The molecule has 2 rings (SSSR count). The van der Waals surface area contributed by atoms with Gasteiger partial charge in [-0.15, -0.1) is 0 Å². The summed E-state index contributed by atoms with van der Waals surface area (Å²) >= 11 is 5.61. The molecule has 0 saturated carbocycles. The van der Waals surface area contributed by atoms with E-state index in [1.54, 1.807) is 0 Å². The summed E-state index contributed by atoms with van der Waals surface area (Å²) in [5.41, 5.74) is 0.633. The van der Waals surface area contributed by atoms with Crippen LogP contribution in [-0.2, 0) is 14.8 Å². The van der Waals surface area contributed by atoms with E-state index in [9.17, 15) is 17.6 Å². The average molecular weight is 343 g/mol. The van der Waals surface area contributed by atoms with Crippen molar-refractivity contribution in [2.75, 3.05) is 10.0 Å². The van der Waals surface area contributed by atoms with Crippen molar-refractivity contribution in [3.8, 4) is 0 Å². The summed E-state index contributed by atoms with van der Waals surface area (Å²) in [7, 11) is -3.83. The molecule has 5 nitrogen and oxygen atoms in total. The van der Waals surface area contributed by atoms with Gasteiger partial charge >= 0.3 is 0 Å². The van der Waals surface area contributed by atoms with E-state index < -0.39 is 15.8 Å². The molecule has 0 saturated heterocycles. The fraction of sp³-hybridized carbons (Fsp3) is 0.0714. The highest BCUT2D eigenvalue weighted by Gasteiger charge is 2.15. The van der Waals surface area contributed by atoms with Gasteiger partial charge in [-0.2, -0.15) is 0 Å². The van der Waals surface area contributed by atoms with Crippen molar-refractivity contribution in [3.63, 3.8) is 0 Å². The summed E-state index contributed by atoms with van der Waals surface area (Å²) < 4.78 is 39.7. The van der Waals surface area contributed by atoms with Crippen molar-refractivity contribution < 1.29 is 17.6 Å². The number of carbonyl (C=O) groups is 1. The van der Waals surface area contributed by atoms with Gasteiger partial charge in [0.1, 0.15) is 5.82 Å². The first-order valence-corrected chi connectivity index (χ1v) is 7.99. The minimum atomic E-state index is -3.83. The molecule has 0 fully saturated rings. The molecular formula is C14H12ClFN2O3S. The van der Waals surface area contributed by atoms with Gasteiger partial charge in [0.15, 0.2) is 0 Å². The Morgan fingerprint density at radius 3 is 2.23 bits per heavy atom. The van der Waals surface area contributed by atoms with Gasteiger partial charge in [-0.25, -0.2) is 12.8 Å². The predicted molar refractivity (Wildman–Crippen MR) is 83.0 cm³/mol. The van der Waals surface area contributed by atoms with Gasteiger partial charge in [0, 0.05) is 12.6 Å². The lowest BCUT2D eigenvalue weighted by Crippen LogP contribution is -2.13. The molecule has 0 aromatic heterocycles. The van der Waals surface area contributed by atoms with Crippen LogP contribution in [0.15, 0.2) is 47.4 Å². The van der Waals surface area contributed by atoms with Crippen molar-refractivity contribution in [1.82, 2.24) is 0 Å². The van der Waals surface area contributed by atoms with Gasteiger partial charge in [0.2, 0.25) is 5.91 Å². The molecular weight excluding hydrogens is 331 g/mol. The van der Waals surface area contributed by atoms with Gasteiger partial charge in [0.25, 0.3) is 10.0 Å². The molecule has 2 aromatic rings. The molecule has 8 heteroatoms. The summed E-state index contributed by atoms with van der Waals surface area (Å²) in [5, 5.41) is 2.35. The molecule has 0 radical (unpaired) electrons. The lowest BCUT2D eigenvalue weighted by Gasteiger charge is -2.09. The third-order valence-electron chi connectivity index (χ3n) is 2.66. The zero-order valence-corrected chi connectivity index (χ0v) is 13.0. The maximum absolute atomic E-state index is 13.1. The van der Waals surface area contributed by atoms with Crippen LogP contribution in [0.3, 0.4) is 0 Å². The van der Waals surface area contributed by atoms with E-state index in [1.165, 1.54) is 43.3 Å². The number of carbonyl (C=O) groups excluding carboxylic acids is 1. The number of hydrogen-bond acceptors (Lipinski definition) is 3. The Kier molecular flexibility index (Phi) is 4.68. The largest absolute Gasteiger partial charge is 0.326 e. The Bertz CT molecular complexity index is 807. The van der Waals surface area contributed by atoms with E-state index in [0.717, 1.165) is 6.07 Å². The molecule has 0 bridgehead atoms. The molecule has 116 valence electrons. The lowest BCUT2D eigenvalue weighted by molar-refractivity contribution is -0.114. The number of nitrogens with one attached hydrogen (secondary N) is 2. The highest BCUT2D eigenvalue weighted by molar-refractivity contribution is 7.92. The molecule has 0 unspecified atom stereocenters. The standard InChI is InChI=1S/C14H12ClFN2O3S/c1-9(19)17-10-2-5-12(6-3-10)22(20,21)18-11-4-7-14(16)13(15)8-11/h2-8,18H,1H3,(H,17,19). The van der Waals surface area contributed by atoms with Gasteiger partial charge < -0.3 is 5.32 Å². The van der Waals surface area contributed by atoms with Gasteiger partial charge in [-0.05, 0) is 42.5 Å². The molecule has 2 aromatic carbocycles. The Labute approximate surface area is 132 Å². The minimum absolute atomic E-state index is 0.00190. The Morgan fingerprint density at radius 1 is 1.09 bits per heavy atom. The second-order valence-electron chi connectivity index (χ2n) is 4.44. The molecule has 0 aliphatic heterocycles. The van der Waals surface area contributed by atoms with E-state index in [0.29, 0.717) is 5.69 Å². The molecule has 0 aliphatic rings.